The molecule has 1 aromatic heterocycles. The zero-order chi connectivity index (χ0) is 18.9. The van der Waals surface area contributed by atoms with Gasteiger partial charge in [0.25, 0.3) is 5.69 Å². The monoisotopic (exact) mass is 363 g/mol. The van der Waals surface area contributed by atoms with E-state index in [0.29, 0.717) is 49.7 Å². The first-order valence-corrected chi connectivity index (χ1v) is 8.94. The van der Waals surface area contributed by atoms with Gasteiger partial charge in [-0.3, -0.25) is 19.2 Å². The summed E-state index contributed by atoms with van der Waals surface area (Å²) in [5.41, 5.74) is 0.0901. The molecule has 3 rings (SSSR count). The summed E-state index contributed by atoms with van der Waals surface area (Å²) in [4.78, 5) is 23.7. The maximum atomic E-state index is 13.0. The normalized spacial score (nSPS) is 16.3. The van der Waals surface area contributed by atoms with E-state index in [0.717, 1.165) is 12.8 Å². The van der Waals surface area contributed by atoms with E-state index in [4.69, 9.17) is 4.74 Å². The highest BCUT2D eigenvalue weighted by Gasteiger charge is 2.22. The summed E-state index contributed by atoms with van der Waals surface area (Å²) in [5, 5.41) is 21.1. The molecule has 1 N–H and O–H groups in total. The molecule has 0 radical (unpaired) electrons. The summed E-state index contributed by atoms with van der Waals surface area (Å²) in [7, 11) is 0. The molecule has 0 amide bonds. The Morgan fingerprint density at radius 2 is 1.96 bits per heavy atom. The number of nitrogens with zero attached hydrogens (tertiary/aromatic N) is 3. The van der Waals surface area contributed by atoms with Gasteiger partial charge in [0.2, 0.25) is 0 Å². The Labute approximate surface area is 151 Å². The molecule has 2 aromatic rings. The molecule has 8 nitrogen and oxygen atoms in total. The first kappa shape index (κ1) is 18.6. The van der Waals surface area contributed by atoms with Crippen LogP contribution in [0.4, 0.5) is 5.69 Å². The van der Waals surface area contributed by atoms with E-state index >= 15 is 0 Å². The SMILES string of the molecule is CC(C)(O)CCn1c(=O)n(CC2CCOCC2)c2ccc([N+](=O)[O-])cc21. The van der Waals surface area contributed by atoms with Crippen LogP contribution in [0.2, 0.25) is 0 Å². The van der Waals surface area contributed by atoms with Crippen molar-refractivity contribution in [3.8, 4) is 0 Å². The molecule has 1 aliphatic rings. The van der Waals surface area contributed by atoms with E-state index in [1.54, 1.807) is 29.0 Å². The highest BCUT2D eigenvalue weighted by Crippen LogP contribution is 2.24. The second-order valence-electron chi connectivity index (χ2n) is 7.59. The summed E-state index contributed by atoms with van der Waals surface area (Å²) < 4.78 is 8.63. The topological polar surface area (TPSA) is 99.5 Å². The van der Waals surface area contributed by atoms with Gasteiger partial charge in [-0.05, 0) is 45.1 Å². The van der Waals surface area contributed by atoms with E-state index < -0.39 is 10.5 Å². The molecule has 2 heterocycles. The minimum Gasteiger partial charge on any atom is -0.390 e. The highest BCUT2D eigenvalue weighted by atomic mass is 16.6. The van der Waals surface area contributed by atoms with Crippen molar-refractivity contribution in [1.29, 1.82) is 0 Å². The van der Waals surface area contributed by atoms with Gasteiger partial charge in [0.05, 0.1) is 21.6 Å². The summed E-state index contributed by atoms with van der Waals surface area (Å²) in [6.45, 7) is 5.64. The third kappa shape index (κ3) is 3.96. The van der Waals surface area contributed by atoms with Crippen LogP contribution in [-0.2, 0) is 17.8 Å². The molecular weight excluding hydrogens is 338 g/mol. The number of ether oxygens (including phenoxy) is 1. The van der Waals surface area contributed by atoms with E-state index in [1.807, 2.05) is 0 Å². The molecule has 0 saturated carbocycles. The lowest BCUT2D eigenvalue weighted by atomic mass is 10.0. The Morgan fingerprint density at radius 3 is 2.58 bits per heavy atom. The molecule has 142 valence electrons. The van der Waals surface area contributed by atoms with Gasteiger partial charge in [-0.2, -0.15) is 0 Å². The van der Waals surface area contributed by atoms with Gasteiger partial charge < -0.3 is 9.84 Å². The third-order valence-electron chi connectivity index (χ3n) is 4.94. The zero-order valence-electron chi connectivity index (χ0n) is 15.2. The van der Waals surface area contributed by atoms with E-state index in [-0.39, 0.29) is 11.4 Å². The van der Waals surface area contributed by atoms with Gasteiger partial charge >= 0.3 is 5.69 Å². The van der Waals surface area contributed by atoms with Crippen LogP contribution in [0.15, 0.2) is 23.0 Å². The fraction of sp³-hybridized carbons (Fsp3) is 0.611. The number of non-ortho nitro benzene ring substituents is 1. The number of nitro groups is 1. The maximum absolute atomic E-state index is 13.0. The minimum atomic E-state index is -0.921. The molecule has 0 spiro atoms. The Bertz CT molecular complexity index is 856. The lowest BCUT2D eigenvalue weighted by Gasteiger charge is -2.22. The quantitative estimate of drug-likeness (QED) is 0.627. The van der Waals surface area contributed by atoms with Gasteiger partial charge in [-0.1, -0.05) is 0 Å². The van der Waals surface area contributed by atoms with Crippen LogP contribution in [0.3, 0.4) is 0 Å². The van der Waals surface area contributed by atoms with Crippen molar-refractivity contribution >= 4 is 16.7 Å². The molecule has 0 unspecified atom stereocenters. The Hall–Kier alpha value is -2.19. The van der Waals surface area contributed by atoms with Crippen LogP contribution >= 0.6 is 0 Å². The number of hydrogen-bond acceptors (Lipinski definition) is 5. The van der Waals surface area contributed by atoms with E-state index in [2.05, 4.69) is 0 Å². The number of benzene rings is 1. The van der Waals surface area contributed by atoms with Gasteiger partial charge in [-0.25, -0.2) is 4.79 Å². The van der Waals surface area contributed by atoms with Crippen molar-refractivity contribution in [2.45, 2.75) is 51.8 Å². The Balaban J connectivity index is 2.04. The lowest BCUT2D eigenvalue weighted by Crippen LogP contribution is -2.31. The highest BCUT2D eigenvalue weighted by molar-refractivity contribution is 5.78. The van der Waals surface area contributed by atoms with Gasteiger partial charge in [-0.15, -0.1) is 0 Å². The molecule has 1 aliphatic heterocycles. The predicted octanol–water partition coefficient (Wildman–Crippen LogP) is 2.30. The van der Waals surface area contributed by atoms with Crippen LogP contribution in [0.1, 0.15) is 33.1 Å². The molecular formula is C18H25N3O5. The Morgan fingerprint density at radius 1 is 1.27 bits per heavy atom. The van der Waals surface area contributed by atoms with Crippen molar-refractivity contribution in [2.75, 3.05) is 13.2 Å². The van der Waals surface area contributed by atoms with Crippen LogP contribution < -0.4 is 5.69 Å². The second kappa shape index (κ2) is 7.20. The number of rotatable bonds is 6. The fourth-order valence-corrected chi connectivity index (χ4v) is 3.39. The lowest BCUT2D eigenvalue weighted by molar-refractivity contribution is -0.384. The van der Waals surface area contributed by atoms with Gasteiger partial charge in [0, 0.05) is 38.4 Å². The molecule has 26 heavy (non-hydrogen) atoms. The molecule has 8 heteroatoms. The van der Waals surface area contributed by atoms with Crippen molar-refractivity contribution < 1.29 is 14.8 Å². The van der Waals surface area contributed by atoms with Crippen LogP contribution in [0, 0.1) is 16.0 Å². The van der Waals surface area contributed by atoms with Crippen molar-refractivity contribution in [3.63, 3.8) is 0 Å². The maximum Gasteiger partial charge on any atom is 0.329 e. The van der Waals surface area contributed by atoms with Crippen LogP contribution in [0.5, 0.6) is 0 Å². The molecule has 0 aliphatic carbocycles. The van der Waals surface area contributed by atoms with Crippen LogP contribution in [-0.4, -0.2) is 38.0 Å². The van der Waals surface area contributed by atoms with Crippen molar-refractivity contribution in [1.82, 2.24) is 9.13 Å². The summed E-state index contributed by atoms with van der Waals surface area (Å²) >= 11 is 0. The van der Waals surface area contributed by atoms with E-state index in [9.17, 15) is 20.0 Å². The minimum absolute atomic E-state index is 0.0438. The molecule has 0 bridgehead atoms. The first-order valence-electron chi connectivity index (χ1n) is 8.94. The number of aryl methyl sites for hydroxylation is 1. The number of hydrogen-bond donors (Lipinski definition) is 1. The van der Waals surface area contributed by atoms with Gasteiger partial charge in [0.1, 0.15) is 0 Å². The molecule has 0 atom stereocenters. The van der Waals surface area contributed by atoms with Crippen molar-refractivity contribution in [2.24, 2.45) is 5.92 Å². The van der Waals surface area contributed by atoms with Gasteiger partial charge in [0.15, 0.2) is 0 Å². The first-order chi connectivity index (χ1) is 12.3. The zero-order valence-corrected chi connectivity index (χ0v) is 15.2. The summed E-state index contributed by atoms with van der Waals surface area (Å²) in [6, 6.07) is 4.53. The molecule has 1 saturated heterocycles. The Kier molecular flexibility index (Phi) is 5.15. The largest absolute Gasteiger partial charge is 0.390 e. The molecule has 1 aromatic carbocycles. The van der Waals surface area contributed by atoms with Crippen molar-refractivity contribution in [3.05, 3.63) is 38.8 Å². The standard InChI is InChI=1S/C18H25N3O5/c1-18(2,23)7-8-19-16-11-14(21(24)25)3-4-15(16)20(17(19)22)12-13-5-9-26-10-6-13/h3-4,11,13,23H,5-10,12H2,1-2H3. The smallest absolute Gasteiger partial charge is 0.329 e. The average Bonchev–Trinajstić information content (AvgIpc) is 2.84. The number of aromatic nitrogens is 2. The fourth-order valence-electron chi connectivity index (χ4n) is 3.39. The van der Waals surface area contributed by atoms with E-state index in [1.165, 1.54) is 12.1 Å². The number of aliphatic hydroxyl groups is 1. The molecule has 1 fully saturated rings. The second-order valence-corrected chi connectivity index (χ2v) is 7.59. The third-order valence-corrected chi connectivity index (χ3v) is 4.94. The van der Waals surface area contributed by atoms with Crippen LogP contribution in [0.25, 0.3) is 11.0 Å². The average molecular weight is 363 g/mol. The predicted molar refractivity (Wildman–Crippen MR) is 97.3 cm³/mol. The summed E-state index contributed by atoms with van der Waals surface area (Å²) in [5.74, 6) is 0.352. The number of imidazole rings is 1. The number of fused-ring (bicyclic) bond motifs is 1. The number of nitro benzene ring substituents is 1. The summed E-state index contributed by atoms with van der Waals surface area (Å²) in [6.07, 6.45) is 2.18.